The monoisotopic (exact) mass is 336 g/mol. The molecule has 0 aromatic rings. The van der Waals surface area contributed by atoms with Crippen LogP contribution in [0.1, 0.15) is 64.7 Å². The van der Waals surface area contributed by atoms with Gasteiger partial charge in [0.2, 0.25) is 0 Å². The van der Waals surface area contributed by atoms with Crippen molar-refractivity contribution in [2.24, 2.45) is 0 Å². The molecule has 4 nitrogen and oxygen atoms in total. The first kappa shape index (κ1) is 22.4. The SMILES string of the molecule is CCCCCC=CCC=CC=C[C@@H](CC=CCCCC(=O)O)OO. The van der Waals surface area contributed by atoms with Crippen LogP contribution in [-0.2, 0) is 9.68 Å². The number of carboxylic acids is 1. The highest BCUT2D eigenvalue weighted by Gasteiger charge is 2.00. The number of allylic oxidation sites excluding steroid dienone is 6. The van der Waals surface area contributed by atoms with Gasteiger partial charge in [0.25, 0.3) is 0 Å². The minimum absolute atomic E-state index is 0.183. The van der Waals surface area contributed by atoms with E-state index in [-0.39, 0.29) is 12.5 Å². The summed E-state index contributed by atoms with van der Waals surface area (Å²) in [6, 6.07) is 0. The van der Waals surface area contributed by atoms with Crippen molar-refractivity contribution >= 4 is 5.97 Å². The quantitative estimate of drug-likeness (QED) is 0.133. The standard InChI is InChI=1S/C20H32O4/c1-2-3-4-5-6-7-8-9-10-13-16-19(24-23)17-14-11-12-15-18-20(21)22/h6-7,9-11,13-14,16,19,23H,2-5,8,12,15,17-18H2,1H3,(H,21,22)/t19-/m0/s1. The number of hydrogen-bond donors (Lipinski definition) is 2. The van der Waals surface area contributed by atoms with Crippen LogP contribution in [0.15, 0.2) is 48.6 Å². The summed E-state index contributed by atoms with van der Waals surface area (Å²) < 4.78 is 0. The summed E-state index contributed by atoms with van der Waals surface area (Å²) in [5.74, 6) is -0.773. The van der Waals surface area contributed by atoms with Gasteiger partial charge in [-0.2, -0.15) is 0 Å². The first-order valence-corrected chi connectivity index (χ1v) is 8.86. The van der Waals surface area contributed by atoms with Gasteiger partial charge in [0.15, 0.2) is 0 Å². The highest BCUT2D eigenvalue weighted by molar-refractivity contribution is 5.66. The van der Waals surface area contributed by atoms with E-state index in [1.165, 1.54) is 19.3 Å². The zero-order valence-corrected chi connectivity index (χ0v) is 14.8. The number of unbranched alkanes of at least 4 members (excludes halogenated alkanes) is 4. The Bertz CT molecular complexity index is 408. The summed E-state index contributed by atoms with van der Waals surface area (Å²) in [6.07, 6.45) is 23.4. The molecule has 0 bridgehead atoms. The molecule has 0 rings (SSSR count). The summed E-state index contributed by atoms with van der Waals surface area (Å²) in [7, 11) is 0. The summed E-state index contributed by atoms with van der Waals surface area (Å²) >= 11 is 0. The molecule has 4 heteroatoms. The predicted molar refractivity (Wildman–Crippen MR) is 98.9 cm³/mol. The van der Waals surface area contributed by atoms with Crippen molar-refractivity contribution in [3.63, 3.8) is 0 Å². The Balaban J connectivity index is 3.81. The van der Waals surface area contributed by atoms with Gasteiger partial charge in [0.1, 0.15) is 6.10 Å². The average molecular weight is 336 g/mol. The number of carbonyl (C=O) groups is 1. The first-order valence-electron chi connectivity index (χ1n) is 8.86. The lowest BCUT2D eigenvalue weighted by atomic mass is 10.1. The van der Waals surface area contributed by atoms with E-state index in [0.717, 1.165) is 19.3 Å². The average Bonchev–Trinajstić information content (AvgIpc) is 2.57. The molecule has 0 fully saturated rings. The smallest absolute Gasteiger partial charge is 0.303 e. The minimum Gasteiger partial charge on any atom is -0.481 e. The maximum absolute atomic E-state index is 10.4. The van der Waals surface area contributed by atoms with E-state index in [2.05, 4.69) is 30.0 Å². The van der Waals surface area contributed by atoms with Crippen molar-refractivity contribution in [1.82, 2.24) is 0 Å². The third-order valence-electron chi connectivity index (χ3n) is 3.42. The Morgan fingerprint density at radius 2 is 1.75 bits per heavy atom. The van der Waals surface area contributed by atoms with E-state index < -0.39 is 5.97 Å². The van der Waals surface area contributed by atoms with Gasteiger partial charge in [-0.15, -0.1) is 0 Å². The van der Waals surface area contributed by atoms with Crippen LogP contribution < -0.4 is 0 Å². The van der Waals surface area contributed by atoms with Gasteiger partial charge in [-0.25, -0.2) is 4.89 Å². The summed E-state index contributed by atoms with van der Waals surface area (Å²) in [5.41, 5.74) is 0. The van der Waals surface area contributed by atoms with Crippen LogP contribution in [0.4, 0.5) is 0 Å². The van der Waals surface area contributed by atoms with Gasteiger partial charge < -0.3 is 5.11 Å². The van der Waals surface area contributed by atoms with Crippen LogP contribution in [0.5, 0.6) is 0 Å². The maximum Gasteiger partial charge on any atom is 0.303 e. The largest absolute Gasteiger partial charge is 0.481 e. The third kappa shape index (κ3) is 16.7. The molecule has 2 N–H and O–H groups in total. The summed E-state index contributed by atoms with van der Waals surface area (Å²) in [4.78, 5) is 14.8. The lowest BCUT2D eigenvalue weighted by Gasteiger charge is -2.04. The summed E-state index contributed by atoms with van der Waals surface area (Å²) in [5, 5.41) is 17.4. The maximum atomic E-state index is 10.4. The molecule has 0 aliphatic rings. The first-order chi connectivity index (χ1) is 11.7. The highest BCUT2D eigenvalue weighted by atomic mass is 17.1. The molecule has 0 heterocycles. The fourth-order valence-electron chi connectivity index (χ4n) is 2.03. The molecule has 0 spiro atoms. The molecule has 24 heavy (non-hydrogen) atoms. The van der Waals surface area contributed by atoms with E-state index in [1.54, 1.807) is 6.08 Å². The van der Waals surface area contributed by atoms with Crippen molar-refractivity contribution in [3.8, 4) is 0 Å². The van der Waals surface area contributed by atoms with Crippen LogP contribution >= 0.6 is 0 Å². The number of carboxylic acid groups (broad SMARTS) is 1. The molecule has 0 aliphatic carbocycles. The number of rotatable bonds is 15. The minimum atomic E-state index is -0.773. The molecule has 0 unspecified atom stereocenters. The third-order valence-corrected chi connectivity index (χ3v) is 3.42. The zero-order valence-electron chi connectivity index (χ0n) is 14.8. The fraction of sp³-hybridized carbons (Fsp3) is 0.550. The molecular weight excluding hydrogens is 304 g/mol. The lowest BCUT2D eigenvalue weighted by Crippen LogP contribution is -2.04. The second-order valence-electron chi connectivity index (χ2n) is 5.65. The van der Waals surface area contributed by atoms with Crippen LogP contribution in [0, 0.1) is 0 Å². The molecule has 0 aromatic carbocycles. The fourth-order valence-corrected chi connectivity index (χ4v) is 2.03. The van der Waals surface area contributed by atoms with Crippen molar-refractivity contribution in [2.75, 3.05) is 0 Å². The Labute approximate surface area is 146 Å². The molecule has 0 saturated carbocycles. The topological polar surface area (TPSA) is 66.8 Å². The Hall–Kier alpha value is -1.65. The Morgan fingerprint density at radius 3 is 2.46 bits per heavy atom. The van der Waals surface area contributed by atoms with Crippen LogP contribution in [0.3, 0.4) is 0 Å². The molecule has 1 atom stereocenters. The van der Waals surface area contributed by atoms with Crippen molar-refractivity contribution in [3.05, 3.63) is 48.6 Å². The van der Waals surface area contributed by atoms with Crippen LogP contribution in [0.25, 0.3) is 0 Å². The summed E-state index contributed by atoms with van der Waals surface area (Å²) in [6.45, 7) is 2.21. The van der Waals surface area contributed by atoms with Gasteiger partial charge in [0, 0.05) is 6.42 Å². The number of hydrogen-bond acceptors (Lipinski definition) is 3. The van der Waals surface area contributed by atoms with E-state index >= 15 is 0 Å². The second-order valence-corrected chi connectivity index (χ2v) is 5.65. The molecule has 0 aliphatic heterocycles. The molecule has 136 valence electrons. The molecule has 0 aromatic heterocycles. The van der Waals surface area contributed by atoms with Crippen molar-refractivity contribution in [2.45, 2.75) is 70.8 Å². The Kier molecular flexibility index (Phi) is 16.5. The highest BCUT2D eigenvalue weighted by Crippen LogP contribution is 2.04. The van der Waals surface area contributed by atoms with E-state index in [4.69, 9.17) is 10.4 Å². The number of aliphatic carboxylic acids is 1. The molecular formula is C20H32O4. The molecule has 0 radical (unpaired) electrons. The van der Waals surface area contributed by atoms with Gasteiger partial charge in [-0.05, 0) is 38.5 Å². The van der Waals surface area contributed by atoms with Crippen LogP contribution in [0.2, 0.25) is 0 Å². The van der Waals surface area contributed by atoms with Gasteiger partial charge in [-0.3, -0.25) is 10.1 Å². The van der Waals surface area contributed by atoms with E-state index in [0.29, 0.717) is 12.8 Å². The zero-order chi connectivity index (χ0) is 17.9. The Morgan fingerprint density at radius 1 is 1.00 bits per heavy atom. The van der Waals surface area contributed by atoms with Crippen molar-refractivity contribution < 1.29 is 20.0 Å². The van der Waals surface area contributed by atoms with E-state index in [1.807, 2.05) is 24.3 Å². The molecule has 0 saturated heterocycles. The van der Waals surface area contributed by atoms with Gasteiger partial charge >= 0.3 is 5.97 Å². The lowest BCUT2D eigenvalue weighted by molar-refractivity contribution is -0.264. The normalized spacial score (nSPS) is 13.8. The van der Waals surface area contributed by atoms with Gasteiger partial charge in [0.05, 0.1) is 0 Å². The molecule has 0 amide bonds. The van der Waals surface area contributed by atoms with Crippen molar-refractivity contribution in [1.29, 1.82) is 0 Å². The van der Waals surface area contributed by atoms with E-state index in [9.17, 15) is 4.79 Å². The second kappa shape index (κ2) is 17.7. The van der Waals surface area contributed by atoms with Crippen LogP contribution in [-0.4, -0.2) is 22.4 Å². The van der Waals surface area contributed by atoms with Gasteiger partial charge in [-0.1, -0.05) is 68.4 Å². The predicted octanol–water partition coefficient (Wildman–Crippen LogP) is 5.68.